The second-order valence-corrected chi connectivity index (χ2v) is 4.96. The molecule has 2 N–H and O–H groups in total. The number of likely N-dealkylation sites (tertiary alicyclic amines) is 1. The van der Waals surface area contributed by atoms with E-state index >= 15 is 0 Å². The monoisotopic (exact) mass is 225 g/mol. The molecule has 16 heavy (non-hydrogen) atoms. The maximum Gasteiger partial charge on any atom is 0.191 e. The van der Waals surface area contributed by atoms with Gasteiger partial charge in [0.25, 0.3) is 0 Å². The average molecular weight is 225 g/mol. The first kappa shape index (κ1) is 11.7. The molecule has 1 heterocycles. The molecule has 4 heteroatoms. The van der Waals surface area contributed by atoms with Gasteiger partial charge in [-0.3, -0.25) is 4.99 Å². The molecule has 2 fully saturated rings. The van der Waals surface area contributed by atoms with Crippen molar-refractivity contribution >= 4 is 5.96 Å². The van der Waals surface area contributed by atoms with E-state index in [9.17, 15) is 0 Å². The molecule has 92 valence electrons. The Morgan fingerprint density at radius 1 is 1.25 bits per heavy atom. The van der Waals surface area contributed by atoms with Gasteiger partial charge < -0.3 is 15.4 Å². The lowest BCUT2D eigenvalue weighted by Gasteiger charge is -2.36. The second kappa shape index (κ2) is 5.04. The van der Waals surface area contributed by atoms with E-state index in [1.165, 1.54) is 25.7 Å². The van der Waals surface area contributed by atoms with Crippen LogP contribution in [0.3, 0.4) is 0 Å². The molecule has 2 rings (SSSR count). The number of aliphatic imine (C=N–C) groups is 1. The summed E-state index contributed by atoms with van der Waals surface area (Å²) >= 11 is 0. The Balaban J connectivity index is 1.90. The molecule has 1 aliphatic carbocycles. The summed E-state index contributed by atoms with van der Waals surface area (Å²) in [5, 5.41) is 0. The number of rotatable bonds is 3. The van der Waals surface area contributed by atoms with Crippen LogP contribution in [-0.4, -0.2) is 43.2 Å². The predicted molar refractivity (Wildman–Crippen MR) is 65.5 cm³/mol. The second-order valence-electron chi connectivity index (χ2n) is 4.96. The Morgan fingerprint density at radius 3 is 2.44 bits per heavy atom. The van der Waals surface area contributed by atoms with E-state index in [1.807, 2.05) is 0 Å². The van der Waals surface area contributed by atoms with Gasteiger partial charge in [-0.2, -0.15) is 0 Å². The van der Waals surface area contributed by atoms with Gasteiger partial charge in [-0.25, -0.2) is 0 Å². The largest absolute Gasteiger partial charge is 0.376 e. The molecule has 0 aromatic rings. The Kier molecular flexibility index (Phi) is 3.69. The van der Waals surface area contributed by atoms with E-state index < -0.39 is 0 Å². The minimum atomic E-state index is -0.0340. The quantitative estimate of drug-likeness (QED) is 0.583. The van der Waals surface area contributed by atoms with E-state index in [0.717, 1.165) is 32.5 Å². The first-order valence-electron chi connectivity index (χ1n) is 6.36. The summed E-state index contributed by atoms with van der Waals surface area (Å²) in [6, 6.07) is 0. The summed E-state index contributed by atoms with van der Waals surface area (Å²) in [6.45, 7) is 2.86. The lowest BCUT2D eigenvalue weighted by molar-refractivity contribution is -0.0310. The molecule has 0 aromatic carbocycles. The van der Waals surface area contributed by atoms with Gasteiger partial charge in [0.2, 0.25) is 0 Å². The van der Waals surface area contributed by atoms with Crippen LogP contribution in [0.15, 0.2) is 4.99 Å². The van der Waals surface area contributed by atoms with Crippen LogP contribution in [0.25, 0.3) is 0 Å². The van der Waals surface area contributed by atoms with Crippen molar-refractivity contribution in [3.05, 3.63) is 0 Å². The zero-order chi connectivity index (χ0) is 11.4. The molecule has 0 atom stereocenters. The summed E-state index contributed by atoms with van der Waals surface area (Å²) in [5.41, 5.74) is 5.90. The van der Waals surface area contributed by atoms with Crippen LogP contribution < -0.4 is 5.73 Å². The maximum atomic E-state index is 5.93. The third kappa shape index (κ3) is 2.48. The molecular weight excluding hydrogens is 202 g/mol. The third-order valence-corrected chi connectivity index (χ3v) is 3.91. The summed E-state index contributed by atoms with van der Waals surface area (Å²) in [5.74, 6) is 0.702. The van der Waals surface area contributed by atoms with Crippen LogP contribution in [-0.2, 0) is 4.74 Å². The van der Waals surface area contributed by atoms with Crippen LogP contribution in [0.1, 0.15) is 38.5 Å². The van der Waals surface area contributed by atoms with E-state index in [2.05, 4.69) is 9.89 Å². The molecular formula is C12H23N3O. The Bertz CT molecular complexity index is 255. The smallest absolute Gasteiger partial charge is 0.191 e. The van der Waals surface area contributed by atoms with Crippen LogP contribution in [0.5, 0.6) is 0 Å². The lowest BCUT2D eigenvalue weighted by Crippen LogP contribution is -2.47. The van der Waals surface area contributed by atoms with Crippen molar-refractivity contribution in [2.75, 3.05) is 26.7 Å². The molecule has 1 saturated heterocycles. The van der Waals surface area contributed by atoms with Crippen molar-refractivity contribution in [3.8, 4) is 0 Å². The van der Waals surface area contributed by atoms with Gasteiger partial charge >= 0.3 is 0 Å². The first-order valence-corrected chi connectivity index (χ1v) is 6.36. The fraction of sp³-hybridized carbons (Fsp3) is 0.917. The van der Waals surface area contributed by atoms with Crippen LogP contribution >= 0.6 is 0 Å². The van der Waals surface area contributed by atoms with E-state index in [4.69, 9.17) is 10.5 Å². The Labute approximate surface area is 97.9 Å². The predicted octanol–water partition coefficient (Wildman–Crippen LogP) is 1.36. The van der Waals surface area contributed by atoms with Crippen molar-refractivity contribution in [3.63, 3.8) is 0 Å². The van der Waals surface area contributed by atoms with Crippen molar-refractivity contribution in [1.29, 1.82) is 0 Å². The van der Waals surface area contributed by atoms with Gasteiger partial charge in [0.05, 0.1) is 12.1 Å². The number of ether oxygens (including phenoxy) is 1. The van der Waals surface area contributed by atoms with Crippen molar-refractivity contribution < 1.29 is 4.74 Å². The molecule has 0 amide bonds. The number of nitrogens with two attached hydrogens (primary N) is 1. The van der Waals surface area contributed by atoms with Crippen LogP contribution in [0.2, 0.25) is 0 Å². The molecule has 0 unspecified atom stereocenters. The number of methoxy groups -OCH3 is 1. The lowest BCUT2D eigenvalue weighted by atomic mass is 9.85. The molecule has 0 aromatic heterocycles. The zero-order valence-electron chi connectivity index (χ0n) is 10.2. The van der Waals surface area contributed by atoms with Crippen molar-refractivity contribution in [1.82, 2.24) is 4.90 Å². The van der Waals surface area contributed by atoms with Crippen LogP contribution in [0, 0.1) is 0 Å². The summed E-state index contributed by atoms with van der Waals surface area (Å²) in [4.78, 5) is 6.64. The summed E-state index contributed by atoms with van der Waals surface area (Å²) < 4.78 is 5.68. The number of hydrogen-bond donors (Lipinski definition) is 1. The highest BCUT2D eigenvalue weighted by Gasteiger charge is 2.31. The number of hydrogen-bond acceptors (Lipinski definition) is 2. The number of guanidine groups is 1. The Morgan fingerprint density at radius 2 is 1.94 bits per heavy atom. The fourth-order valence-corrected chi connectivity index (χ4v) is 2.49. The standard InChI is InChI=1S/C12H23N3O/c1-16-12(6-3-2-4-7-12)10-14-11(13)15-8-5-9-15/h2-10H2,1H3,(H2,13,14). The molecule has 1 aliphatic heterocycles. The van der Waals surface area contributed by atoms with Gasteiger partial charge in [0, 0.05) is 20.2 Å². The summed E-state index contributed by atoms with van der Waals surface area (Å²) in [7, 11) is 1.81. The molecule has 1 saturated carbocycles. The van der Waals surface area contributed by atoms with E-state index in [-0.39, 0.29) is 5.60 Å². The molecule has 4 nitrogen and oxygen atoms in total. The van der Waals surface area contributed by atoms with Gasteiger partial charge in [-0.05, 0) is 19.3 Å². The zero-order valence-corrected chi connectivity index (χ0v) is 10.2. The highest BCUT2D eigenvalue weighted by molar-refractivity contribution is 5.78. The first-order chi connectivity index (χ1) is 7.76. The minimum Gasteiger partial charge on any atom is -0.376 e. The molecule has 0 bridgehead atoms. The van der Waals surface area contributed by atoms with Gasteiger partial charge in [-0.1, -0.05) is 19.3 Å². The fourth-order valence-electron chi connectivity index (χ4n) is 2.49. The van der Waals surface area contributed by atoms with Crippen LogP contribution in [0.4, 0.5) is 0 Å². The SMILES string of the molecule is COC1(CN=C(N)N2CCC2)CCCCC1. The van der Waals surface area contributed by atoms with Crippen molar-refractivity contribution in [2.24, 2.45) is 10.7 Å². The van der Waals surface area contributed by atoms with Gasteiger partial charge in [0.1, 0.15) is 0 Å². The number of nitrogens with zero attached hydrogens (tertiary/aromatic N) is 2. The minimum absolute atomic E-state index is 0.0340. The van der Waals surface area contributed by atoms with E-state index in [0.29, 0.717) is 5.96 Å². The van der Waals surface area contributed by atoms with E-state index in [1.54, 1.807) is 7.11 Å². The van der Waals surface area contributed by atoms with Gasteiger partial charge in [0.15, 0.2) is 5.96 Å². The maximum absolute atomic E-state index is 5.93. The topological polar surface area (TPSA) is 50.9 Å². The van der Waals surface area contributed by atoms with Crippen molar-refractivity contribution in [2.45, 2.75) is 44.1 Å². The highest BCUT2D eigenvalue weighted by Crippen LogP contribution is 2.31. The molecule has 0 spiro atoms. The third-order valence-electron chi connectivity index (χ3n) is 3.91. The molecule has 0 radical (unpaired) electrons. The van der Waals surface area contributed by atoms with Gasteiger partial charge in [-0.15, -0.1) is 0 Å². The molecule has 2 aliphatic rings. The normalized spacial score (nSPS) is 25.3. The average Bonchev–Trinajstić information content (AvgIpc) is 2.25. The summed E-state index contributed by atoms with van der Waals surface area (Å²) in [6.07, 6.45) is 7.34. The highest BCUT2D eigenvalue weighted by atomic mass is 16.5. The Hall–Kier alpha value is -0.770.